The number of hydrogen-bond donors (Lipinski definition) is 1. The SMILES string of the molecule is C[C@@H](NCc1ccc(C(F)(F)F)cc1)c1ccccn1. The first-order valence-electron chi connectivity index (χ1n) is 6.27. The molecule has 2 nitrogen and oxygen atoms in total. The van der Waals surface area contributed by atoms with Gasteiger partial charge in [0.05, 0.1) is 11.3 Å². The smallest absolute Gasteiger partial charge is 0.305 e. The molecule has 20 heavy (non-hydrogen) atoms. The lowest BCUT2D eigenvalue weighted by molar-refractivity contribution is -0.137. The minimum Gasteiger partial charge on any atom is -0.305 e. The molecule has 2 aromatic rings. The first-order valence-corrected chi connectivity index (χ1v) is 6.27. The molecule has 1 aromatic carbocycles. The van der Waals surface area contributed by atoms with E-state index in [-0.39, 0.29) is 6.04 Å². The van der Waals surface area contributed by atoms with Gasteiger partial charge in [0.1, 0.15) is 0 Å². The molecule has 0 aliphatic rings. The Bertz CT molecular complexity index is 535. The fourth-order valence-corrected chi connectivity index (χ4v) is 1.82. The second-order valence-corrected chi connectivity index (χ2v) is 4.55. The molecule has 1 heterocycles. The highest BCUT2D eigenvalue weighted by Crippen LogP contribution is 2.29. The van der Waals surface area contributed by atoms with E-state index in [1.165, 1.54) is 12.1 Å². The second-order valence-electron chi connectivity index (χ2n) is 4.55. The highest BCUT2D eigenvalue weighted by molar-refractivity contribution is 5.24. The Kier molecular flexibility index (Phi) is 4.39. The van der Waals surface area contributed by atoms with Gasteiger partial charge in [-0.2, -0.15) is 13.2 Å². The van der Waals surface area contributed by atoms with Crippen molar-refractivity contribution in [3.8, 4) is 0 Å². The highest BCUT2D eigenvalue weighted by Gasteiger charge is 2.29. The number of nitrogens with zero attached hydrogens (tertiary/aromatic N) is 1. The fourth-order valence-electron chi connectivity index (χ4n) is 1.82. The summed E-state index contributed by atoms with van der Waals surface area (Å²) in [5.74, 6) is 0. The summed E-state index contributed by atoms with van der Waals surface area (Å²) in [4.78, 5) is 4.23. The normalized spacial score (nSPS) is 13.2. The topological polar surface area (TPSA) is 24.9 Å². The molecular weight excluding hydrogens is 265 g/mol. The lowest BCUT2D eigenvalue weighted by Gasteiger charge is -2.13. The minimum absolute atomic E-state index is 0.0403. The molecule has 1 aromatic heterocycles. The Morgan fingerprint density at radius 2 is 1.80 bits per heavy atom. The summed E-state index contributed by atoms with van der Waals surface area (Å²) in [6.45, 7) is 2.46. The van der Waals surface area contributed by atoms with Crippen LogP contribution < -0.4 is 5.32 Å². The van der Waals surface area contributed by atoms with E-state index in [2.05, 4.69) is 10.3 Å². The first-order chi connectivity index (χ1) is 9.47. The van der Waals surface area contributed by atoms with Gasteiger partial charge in [0, 0.05) is 18.8 Å². The molecule has 1 N–H and O–H groups in total. The van der Waals surface area contributed by atoms with Crippen LogP contribution in [0.4, 0.5) is 13.2 Å². The highest BCUT2D eigenvalue weighted by atomic mass is 19.4. The molecule has 0 saturated carbocycles. The van der Waals surface area contributed by atoms with Gasteiger partial charge < -0.3 is 5.32 Å². The molecule has 1 atom stereocenters. The van der Waals surface area contributed by atoms with Crippen LogP contribution in [-0.4, -0.2) is 4.98 Å². The average molecular weight is 280 g/mol. The van der Waals surface area contributed by atoms with Crippen LogP contribution in [0.5, 0.6) is 0 Å². The minimum atomic E-state index is -4.28. The van der Waals surface area contributed by atoms with Crippen molar-refractivity contribution in [3.63, 3.8) is 0 Å². The molecule has 0 unspecified atom stereocenters. The van der Waals surface area contributed by atoms with E-state index in [1.54, 1.807) is 6.20 Å². The zero-order valence-electron chi connectivity index (χ0n) is 11.0. The summed E-state index contributed by atoms with van der Waals surface area (Å²) >= 11 is 0. The molecule has 0 aliphatic carbocycles. The van der Waals surface area contributed by atoms with E-state index in [1.807, 2.05) is 25.1 Å². The predicted octanol–water partition coefficient (Wildman–Crippen LogP) is 3.95. The first kappa shape index (κ1) is 14.5. The van der Waals surface area contributed by atoms with Crippen LogP contribution in [0.15, 0.2) is 48.7 Å². The van der Waals surface area contributed by atoms with Gasteiger partial charge in [0.25, 0.3) is 0 Å². The number of halogens is 3. The van der Waals surface area contributed by atoms with Gasteiger partial charge in [-0.1, -0.05) is 18.2 Å². The van der Waals surface area contributed by atoms with E-state index < -0.39 is 11.7 Å². The van der Waals surface area contributed by atoms with E-state index in [0.717, 1.165) is 23.4 Å². The zero-order valence-corrected chi connectivity index (χ0v) is 11.0. The Morgan fingerprint density at radius 1 is 1.10 bits per heavy atom. The third-order valence-corrected chi connectivity index (χ3v) is 3.03. The quantitative estimate of drug-likeness (QED) is 0.917. The zero-order chi connectivity index (χ0) is 14.6. The molecule has 2 rings (SSSR count). The van der Waals surface area contributed by atoms with E-state index in [4.69, 9.17) is 0 Å². The summed E-state index contributed by atoms with van der Waals surface area (Å²) in [5.41, 5.74) is 1.08. The third kappa shape index (κ3) is 3.81. The molecule has 0 radical (unpaired) electrons. The van der Waals surface area contributed by atoms with Crippen LogP contribution in [0.1, 0.15) is 29.8 Å². The van der Waals surface area contributed by atoms with Gasteiger partial charge in [0.15, 0.2) is 0 Å². The summed E-state index contributed by atoms with van der Waals surface area (Å²) in [6, 6.07) is 10.9. The number of benzene rings is 1. The maximum atomic E-state index is 12.4. The Hall–Kier alpha value is -1.88. The Balaban J connectivity index is 1.94. The van der Waals surface area contributed by atoms with E-state index >= 15 is 0 Å². The van der Waals surface area contributed by atoms with Crippen LogP contribution >= 0.6 is 0 Å². The molecule has 0 saturated heterocycles. The van der Waals surface area contributed by atoms with Crippen molar-refractivity contribution in [3.05, 3.63) is 65.5 Å². The molecule has 0 spiro atoms. The number of nitrogens with one attached hydrogen (secondary N) is 1. The number of hydrogen-bond acceptors (Lipinski definition) is 2. The van der Waals surface area contributed by atoms with Gasteiger partial charge in [-0.05, 0) is 36.8 Å². The van der Waals surface area contributed by atoms with Crippen molar-refractivity contribution in [1.82, 2.24) is 10.3 Å². The number of rotatable bonds is 4. The van der Waals surface area contributed by atoms with Crippen molar-refractivity contribution < 1.29 is 13.2 Å². The summed E-state index contributed by atoms with van der Waals surface area (Å²) in [5, 5.41) is 3.23. The number of alkyl halides is 3. The second kappa shape index (κ2) is 6.05. The molecule has 0 aliphatic heterocycles. The van der Waals surface area contributed by atoms with Crippen molar-refractivity contribution in [2.75, 3.05) is 0 Å². The average Bonchev–Trinajstić information content (AvgIpc) is 2.45. The van der Waals surface area contributed by atoms with Gasteiger partial charge in [0.2, 0.25) is 0 Å². The van der Waals surface area contributed by atoms with Crippen molar-refractivity contribution >= 4 is 0 Å². The number of aromatic nitrogens is 1. The molecule has 0 fully saturated rings. The number of pyridine rings is 1. The van der Waals surface area contributed by atoms with Crippen LogP contribution in [0, 0.1) is 0 Å². The largest absolute Gasteiger partial charge is 0.416 e. The van der Waals surface area contributed by atoms with Crippen LogP contribution in [0.3, 0.4) is 0 Å². The maximum absolute atomic E-state index is 12.4. The summed E-state index contributed by atoms with van der Waals surface area (Å²) in [6.07, 6.45) is -2.57. The van der Waals surface area contributed by atoms with Crippen LogP contribution in [0.25, 0.3) is 0 Å². The molecule has 0 bridgehead atoms. The monoisotopic (exact) mass is 280 g/mol. The summed E-state index contributed by atoms with van der Waals surface area (Å²) in [7, 11) is 0. The third-order valence-electron chi connectivity index (χ3n) is 3.03. The molecular formula is C15H15F3N2. The Labute approximate surface area is 115 Å². The van der Waals surface area contributed by atoms with E-state index in [0.29, 0.717) is 6.54 Å². The standard InChI is InChI=1S/C15H15F3N2/c1-11(14-4-2-3-9-19-14)20-10-12-5-7-13(8-6-12)15(16,17)18/h2-9,11,20H,10H2,1H3/t11-/m1/s1. The van der Waals surface area contributed by atoms with Gasteiger partial charge in [-0.25, -0.2) is 0 Å². The van der Waals surface area contributed by atoms with Crippen LogP contribution in [-0.2, 0) is 12.7 Å². The lowest BCUT2D eigenvalue weighted by Crippen LogP contribution is -2.19. The predicted molar refractivity (Wildman–Crippen MR) is 70.9 cm³/mol. The van der Waals surface area contributed by atoms with Crippen LogP contribution in [0.2, 0.25) is 0 Å². The molecule has 106 valence electrons. The van der Waals surface area contributed by atoms with E-state index in [9.17, 15) is 13.2 Å². The molecule has 0 amide bonds. The van der Waals surface area contributed by atoms with Crippen molar-refractivity contribution in [2.45, 2.75) is 25.7 Å². The Morgan fingerprint density at radius 3 is 2.35 bits per heavy atom. The van der Waals surface area contributed by atoms with Crippen molar-refractivity contribution in [2.24, 2.45) is 0 Å². The maximum Gasteiger partial charge on any atom is 0.416 e. The van der Waals surface area contributed by atoms with Gasteiger partial charge >= 0.3 is 6.18 Å². The van der Waals surface area contributed by atoms with Gasteiger partial charge in [-0.3, -0.25) is 4.98 Å². The molecule has 5 heteroatoms. The van der Waals surface area contributed by atoms with Gasteiger partial charge in [-0.15, -0.1) is 0 Å². The summed E-state index contributed by atoms with van der Waals surface area (Å²) < 4.78 is 37.3. The van der Waals surface area contributed by atoms with Crippen molar-refractivity contribution in [1.29, 1.82) is 0 Å². The fraction of sp³-hybridized carbons (Fsp3) is 0.267. The lowest BCUT2D eigenvalue weighted by atomic mass is 10.1.